The van der Waals surface area contributed by atoms with Crippen LogP contribution in [0.2, 0.25) is 0 Å². The maximum Gasteiger partial charge on any atom is 0.244 e. The summed E-state index contributed by atoms with van der Waals surface area (Å²) in [5, 5.41) is 4.05. The molecule has 28 heavy (non-hydrogen) atoms. The quantitative estimate of drug-likeness (QED) is 0.795. The van der Waals surface area contributed by atoms with E-state index in [2.05, 4.69) is 46.1 Å². The molecule has 1 amide bonds. The summed E-state index contributed by atoms with van der Waals surface area (Å²) in [4.78, 5) is 20.7. The van der Waals surface area contributed by atoms with Crippen LogP contribution in [0, 0.1) is 0 Å². The Kier molecular flexibility index (Phi) is 5.25. The first-order valence-electron chi connectivity index (χ1n) is 10.3. The standard InChI is InChI=1S/C22H30N4O2/c1-4-25-10-12-26(13-11-25)22(15-18-7-5-6-8-19(18)16-22)21(27)24(3)17(2)20-9-14-28-23-20/h5-9,14,17H,4,10-13,15-16H2,1-3H3. The number of carbonyl (C=O) groups is 1. The van der Waals surface area contributed by atoms with Crippen molar-refractivity contribution in [2.75, 3.05) is 39.8 Å². The van der Waals surface area contributed by atoms with Gasteiger partial charge in [0.1, 0.15) is 17.5 Å². The van der Waals surface area contributed by atoms with Crippen LogP contribution in [-0.4, -0.2) is 71.1 Å². The van der Waals surface area contributed by atoms with Gasteiger partial charge in [-0.05, 0) is 24.6 Å². The first-order chi connectivity index (χ1) is 13.5. The van der Waals surface area contributed by atoms with Gasteiger partial charge in [-0.25, -0.2) is 0 Å². The van der Waals surface area contributed by atoms with E-state index >= 15 is 0 Å². The SMILES string of the molecule is CCN1CCN(C2(C(=O)N(C)C(C)c3ccon3)Cc3ccccc3C2)CC1. The van der Waals surface area contributed by atoms with Gasteiger partial charge in [-0.3, -0.25) is 9.69 Å². The number of aromatic nitrogens is 1. The number of carbonyl (C=O) groups excluding carboxylic acids is 1. The van der Waals surface area contributed by atoms with Gasteiger partial charge in [0.2, 0.25) is 5.91 Å². The molecule has 1 saturated heterocycles. The molecule has 6 heteroatoms. The molecule has 1 aromatic heterocycles. The molecule has 0 radical (unpaired) electrons. The van der Waals surface area contributed by atoms with Crippen molar-refractivity contribution in [3.8, 4) is 0 Å². The van der Waals surface area contributed by atoms with Gasteiger partial charge in [0.25, 0.3) is 0 Å². The highest BCUT2D eigenvalue weighted by Crippen LogP contribution is 2.38. The van der Waals surface area contributed by atoms with Crippen molar-refractivity contribution in [2.45, 2.75) is 38.3 Å². The zero-order chi connectivity index (χ0) is 19.7. The summed E-state index contributed by atoms with van der Waals surface area (Å²) < 4.78 is 5.00. The lowest BCUT2D eigenvalue weighted by molar-refractivity contribution is -0.146. The molecule has 2 aliphatic rings. The normalized spacial score (nSPS) is 20.7. The van der Waals surface area contributed by atoms with Gasteiger partial charge in [-0.2, -0.15) is 0 Å². The Morgan fingerprint density at radius 2 is 1.82 bits per heavy atom. The molecule has 4 rings (SSSR count). The molecule has 1 aliphatic carbocycles. The second kappa shape index (κ2) is 7.68. The van der Waals surface area contributed by atoms with E-state index in [1.165, 1.54) is 11.1 Å². The van der Waals surface area contributed by atoms with Crippen molar-refractivity contribution < 1.29 is 9.32 Å². The Balaban J connectivity index is 1.63. The number of fused-ring (bicyclic) bond motifs is 1. The lowest BCUT2D eigenvalue weighted by Crippen LogP contribution is -2.64. The molecule has 1 aliphatic heterocycles. The Morgan fingerprint density at radius 3 is 2.36 bits per heavy atom. The van der Waals surface area contributed by atoms with Crippen molar-refractivity contribution in [3.63, 3.8) is 0 Å². The minimum atomic E-state index is -0.504. The lowest BCUT2D eigenvalue weighted by Gasteiger charge is -2.46. The number of hydrogen-bond donors (Lipinski definition) is 0. The number of nitrogens with zero attached hydrogens (tertiary/aromatic N) is 4. The topological polar surface area (TPSA) is 52.8 Å². The van der Waals surface area contributed by atoms with Crippen LogP contribution in [0.5, 0.6) is 0 Å². The average molecular weight is 383 g/mol. The summed E-state index contributed by atoms with van der Waals surface area (Å²) >= 11 is 0. The summed E-state index contributed by atoms with van der Waals surface area (Å²) in [7, 11) is 1.90. The Hall–Kier alpha value is -2.18. The second-order valence-electron chi connectivity index (χ2n) is 8.09. The van der Waals surface area contributed by atoms with Crippen LogP contribution in [0.3, 0.4) is 0 Å². The minimum Gasteiger partial charge on any atom is -0.364 e. The summed E-state index contributed by atoms with van der Waals surface area (Å²) in [6, 6.07) is 10.2. The van der Waals surface area contributed by atoms with E-state index in [0.29, 0.717) is 0 Å². The third-order valence-electron chi connectivity index (χ3n) is 6.69. The van der Waals surface area contributed by atoms with Crippen LogP contribution in [0.1, 0.15) is 36.7 Å². The van der Waals surface area contributed by atoms with Crippen LogP contribution < -0.4 is 0 Å². The van der Waals surface area contributed by atoms with E-state index in [4.69, 9.17) is 4.52 Å². The Morgan fingerprint density at radius 1 is 1.18 bits per heavy atom. The first kappa shape index (κ1) is 19.2. The number of amides is 1. The molecular formula is C22H30N4O2. The highest BCUT2D eigenvalue weighted by Gasteiger charge is 2.50. The highest BCUT2D eigenvalue weighted by molar-refractivity contribution is 5.88. The van der Waals surface area contributed by atoms with Crippen LogP contribution in [0.15, 0.2) is 41.1 Å². The fourth-order valence-electron chi connectivity index (χ4n) is 4.74. The highest BCUT2D eigenvalue weighted by atomic mass is 16.5. The first-order valence-corrected chi connectivity index (χ1v) is 10.3. The average Bonchev–Trinajstić information content (AvgIpc) is 3.40. The van der Waals surface area contributed by atoms with E-state index in [-0.39, 0.29) is 11.9 Å². The van der Waals surface area contributed by atoms with Crippen molar-refractivity contribution in [1.29, 1.82) is 0 Å². The van der Waals surface area contributed by atoms with Gasteiger partial charge in [-0.1, -0.05) is 36.3 Å². The molecule has 1 atom stereocenters. The van der Waals surface area contributed by atoms with Crippen molar-refractivity contribution in [1.82, 2.24) is 19.9 Å². The lowest BCUT2D eigenvalue weighted by atomic mass is 9.89. The van der Waals surface area contributed by atoms with Crippen LogP contribution in [0.4, 0.5) is 0 Å². The summed E-state index contributed by atoms with van der Waals surface area (Å²) in [5.41, 5.74) is 2.89. The third kappa shape index (κ3) is 3.25. The molecule has 0 spiro atoms. The number of piperazine rings is 1. The van der Waals surface area contributed by atoms with Crippen LogP contribution in [0.25, 0.3) is 0 Å². The van der Waals surface area contributed by atoms with E-state index < -0.39 is 5.54 Å². The summed E-state index contributed by atoms with van der Waals surface area (Å²) in [6.07, 6.45) is 3.13. The maximum absolute atomic E-state index is 13.9. The number of hydrogen-bond acceptors (Lipinski definition) is 5. The van der Waals surface area contributed by atoms with Gasteiger partial charge in [0, 0.05) is 52.1 Å². The summed E-state index contributed by atoms with van der Waals surface area (Å²) in [6.45, 7) is 9.18. The number of likely N-dealkylation sites (N-methyl/N-ethyl adjacent to an activating group) is 2. The molecular weight excluding hydrogens is 352 g/mol. The van der Waals surface area contributed by atoms with Gasteiger partial charge >= 0.3 is 0 Å². The monoisotopic (exact) mass is 382 g/mol. The number of benzene rings is 1. The van der Waals surface area contributed by atoms with E-state index in [9.17, 15) is 4.79 Å². The molecule has 2 heterocycles. The van der Waals surface area contributed by atoms with Crippen molar-refractivity contribution in [3.05, 3.63) is 53.4 Å². The van der Waals surface area contributed by atoms with Gasteiger partial charge in [0.05, 0.1) is 6.04 Å². The molecule has 0 N–H and O–H groups in total. The predicted octanol–water partition coefficient (Wildman–Crippen LogP) is 2.37. The van der Waals surface area contributed by atoms with E-state index in [1.807, 2.05) is 24.9 Å². The smallest absolute Gasteiger partial charge is 0.244 e. The third-order valence-corrected chi connectivity index (χ3v) is 6.69. The molecule has 1 unspecified atom stereocenters. The zero-order valence-corrected chi connectivity index (χ0v) is 17.1. The molecule has 0 bridgehead atoms. The Bertz CT molecular complexity index is 787. The molecule has 1 aromatic carbocycles. The van der Waals surface area contributed by atoms with E-state index in [0.717, 1.165) is 51.3 Å². The van der Waals surface area contributed by atoms with Crippen LogP contribution >= 0.6 is 0 Å². The fraction of sp³-hybridized carbons (Fsp3) is 0.545. The van der Waals surface area contributed by atoms with Crippen molar-refractivity contribution >= 4 is 5.91 Å². The predicted molar refractivity (Wildman–Crippen MR) is 108 cm³/mol. The maximum atomic E-state index is 13.9. The van der Waals surface area contributed by atoms with E-state index in [1.54, 1.807) is 6.26 Å². The molecule has 6 nitrogen and oxygen atoms in total. The van der Waals surface area contributed by atoms with Gasteiger partial charge in [-0.15, -0.1) is 0 Å². The molecule has 0 saturated carbocycles. The zero-order valence-electron chi connectivity index (χ0n) is 17.1. The molecule has 1 fully saturated rings. The second-order valence-corrected chi connectivity index (χ2v) is 8.09. The molecule has 2 aromatic rings. The fourth-order valence-corrected chi connectivity index (χ4v) is 4.74. The molecule has 150 valence electrons. The van der Waals surface area contributed by atoms with Crippen LogP contribution in [-0.2, 0) is 17.6 Å². The largest absolute Gasteiger partial charge is 0.364 e. The van der Waals surface area contributed by atoms with Gasteiger partial charge < -0.3 is 14.3 Å². The van der Waals surface area contributed by atoms with Crippen molar-refractivity contribution in [2.24, 2.45) is 0 Å². The minimum absolute atomic E-state index is 0.122. The number of rotatable bonds is 5. The van der Waals surface area contributed by atoms with Gasteiger partial charge in [0.15, 0.2) is 0 Å². The Labute approximate surface area is 167 Å². The summed E-state index contributed by atoms with van der Waals surface area (Å²) in [5.74, 6) is 0.184.